The summed E-state index contributed by atoms with van der Waals surface area (Å²) in [5.74, 6) is -1.09. The Morgan fingerprint density at radius 3 is 2.25 bits per heavy atom. The summed E-state index contributed by atoms with van der Waals surface area (Å²) in [5.41, 5.74) is 1.17. The maximum Gasteiger partial charge on any atom is 0.252 e. The zero-order chi connectivity index (χ0) is 19.9. The van der Waals surface area contributed by atoms with Crippen molar-refractivity contribution < 1.29 is 19.5 Å². The van der Waals surface area contributed by atoms with Crippen LogP contribution in [0, 0.1) is 0 Å². The first-order chi connectivity index (χ1) is 13.6. The van der Waals surface area contributed by atoms with Gasteiger partial charge < -0.3 is 15.7 Å². The van der Waals surface area contributed by atoms with Gasteiger partial charge in [-0.15, -0.1) is 0 Å². The quantitative estimate of drug-likeness (QED) is 0.641. The predicted octanol–water partition coefficient (Wildman–Crippen LogP) is 2.07. The fraction of sp³-hybridized carbons (Fsp3) is 0.318. The number of ketones is 1. The van der Waals surface area contributed by atoms with Crippen molar-refractivity contribution in [2.24, 2.45) is 0 Å². The molecule has 0 radical (unpaired) electrons. The molecule has 1 aliphatic rings. The van der Waals surface area contributed by atoms with E-state index in [1.165, 1.54) is 6.07 Å². The molecule has 2 aromatic rings. The number of benzene rings is 2. The second-order valence-corrected chi connectivity index (χ2v) is 6.97. The molecule has 1 saturated carbocycles. The molecule has 0 bridgehead atoms. The molecule has 0 spiro atoms. The maximum absolute atomic E-state index is 12.6. The molecular formula is C22H24N2O4. The fourth-order valence-electron chi connectivity index (χ4n) is 3.37. The number of rotatable bonds is 7. The molecule has 6 heteroatoms. The molecule has 28 heavy (non-hydrogen) atoms. The van der Waals surface area contributed by atoms with Gasteiger partial charge in [-0.05, 0) is 25.0 Å². The van der Waals surface area contributed by atoms with Crippen LogP contribution >= 0.6 is 0 Å². The largest absolute Gasteiger partial charge is 0.394 e. The molecule has 1 atom stereocenters. The number of aliphatic hydroxyl groups is 1. The minimum atomic E-state index is -1.03. The van der Waals surface area contributed by atoms with Gasteiger partial charge in [-0.3, -0.25) is 14.4 Å². The smallest absolute Gasteiger partial charge is 0.252 e. The van der Waals surface area contributed by atoms with Gasteiger partial charge in [-0.1, -0.05) is 55.3 Å². The van der Waals surface area contributed by atoms with E-state index in [1.54, 1.807) is 42.5 Å². The molecule has 146 valence electrons. The van der Waals surface area contributed by atoms with Crippen LogP contribution in [0.1, 0.15) is 52.0 Å². The van der Waals surface area contributed by atoms with E-state index in [-0.39, 0.29) is 23.3 Å². The summed E-state index contributed by atoms with van der Waals surface area (Å²) >= 11 is 0. The highest BCUT2D eigenvalue weighted by atomic mass is 16.3. The van der Waals surface area contributed by atoms with E-state index in [4.69, 9.17) is 0 Å². The third-order valence-corrected chi connectivity index (χ3v) is 4.93. The third kappa shape index (κ3) is 4.84. The molecule has 6 nitrogen and oxygen atoms in total. The van der Waals surface area contributed by atoms with Crippen LogP contribution in [0.25, 0.3) is 0 Å². The Bertz CT molecular complexity index is 845. The van der Waals surface area contributed by atoms with Crippen molar-refractivity contribution in [3.8, 4) is 0 Å². The van der Waals surface area contributed by atoms with E-state index in [0.717, 1.165) is 25.7 Å². The average molecular weight is 380 g/mol. The lowest BCUT2D eigenvalue weighted by atomic mass is 10.0. The zero-order valence-corrected chi connectivity index (χ0v) is 15.6. The molecule has 0 saturated heterocycles. The molecule has 2 aromatic carbocycles. The molecule has 0 unspecified atom stereocenters. The normalized spacial score (nSPS) is 15.0. The number of amides is 2. The van der Waals surface area contributed by atoms with E-state index >= 15 is 0 Å². The van der Waals surface area contributed by atoms with Crippen LogP contribution in [-0.2, 0) is 4.79 Å². The SMILES string of the molecule is O=C(N[C@@H](CO)C(=O)NC1CCCC1)c1cccc(C(=O)c2ccccc2)c1. The first kappa shape index (κ1) is 19.8. The Morgan fingerprint density at radius 1 is 0.929 bits per heavy atom. The predicted molar refractivity (Wildman–Crippen MR) is 105 cm³/mol. The van der Waals surface area contributed by atoms with Gasteiger partial charge in [0.15, 0.2) is 5.78 Å². The van der Waals surface area contributed by atoms with Crippen LogP contribution in [0.15, 0.2) is 54.6 Å². The van der Waals surface area contributed by atoms with Gasteiger partial charge in [0.05, 0.1) is 6.61 Å². The average Bonchev–Trinajstić information content (AvgIpc) is 3.25. The number of hydrogen-bond acceptors (Lipinski definition) is 4. The van der Waals surface area contributed by atoms with Gasteiger partial charge in [-0.25, -0.2) is 0 Å². The number of hydrogen-bond donors (Lipinski definition) is 3. The monoisotopic (exact) mass is 380 g/mol. The van der Waals surface area contributed by atoms with Crippen LogP contribution in [0.3, 0.4) is 0 Å². The summed E-state index contributed by atoms with van der Waals surface area (Å²) in [7, 11) is 0. The molecule has 1 fully saturated rings. The van der Waals surface area contributed by atoms with Crippen molar-refractivity contribution >= 4 is 17.6 Å². The Balaban J connectivity index is 1.67. The Kier molecular flexibility index (Phi) is 6.55. The van der Waals surface area contributed by atoms with Gasteiger partial charge in [0.25, 0.3) is 5.91 Å². The maximum atomic E-state index is 12.6. The number of aliphatic hydroxyl groups excluding tert-OH is 1. The van der Waals surface area contributed by atoms with Crippen LogP contribution in [0.2, 0.25) is 0 Å². The van der Waals surface area contributed by atoms with Gasteiger partial charge in [-0.2, -0.15) is 0 Å². The van der Waals surface area contributed by atoms with Gasteiger partial charge in [0, 0.05) is 22.7 Å². The number of nitrogens with one attached hydrogen (secondary N) is 2. The van der Waals surface area contributed by atoms with Crippen LogP contribution < -0.4 is 10.6 Å². The second kappa shape index (κ2) is 9.28. The molecule has 2 amide bonds. The summed E-state index contributed by atoms with van der Waals surface area (Å²) in [6, 6.07) is 14.2. The molecule has 3 rings (SSSR count). The topological polar surface area (TPSA) is 95.5 Å². The van der Waals surface area contributed by atoms with Crippen LogP contribution in [0.4, 0.5) is 0 Å². The summed E-state index contributed by atoms with van der Waals surface area (Å²) in [4.78, 5) is 37.4. The highest BCUT2D eigenvalue weighted by molar-refractivity contribution is 6.10. The molecular weight excluding hydrogens is 356 g/mol. The highest BCUT2D eigenvalue weighted by Crippen LogP contribution is 2.17. The summed E-state index contributed by atoms with van der Waals surface area (Å²) in [6.07, 6.45) is 3.98. The van der Waals surface area contributed by atoms with Crippen molar-refractivity contribution in [1.82, 2.24) is 10.6 Å². The van der Waals surface area contributed by atoms with Crippen LogP contribution in [0.5, 0.6) is 0 Å². The minimum absolute atomic E-state index is 0.102. The van der Waals surface area contributed by atoms with Gasteiger partial charge in [0.2, 0.25) is 5.91 Å². The van der Waals surface area contributed by atoms with Crippen molar-refractivity contribution in [2.45, 2.75) is 37.8 Å². The number of carbonyl (C=O) groups is 3. The zero-order valence-electron chi connectivity index (χ0n) is 15.6. The summed E-state index contributed by atoms with van der Waals surface area (Å²) < 4.78 is 0. The lowest BCUT2D eigenvalue weighted by Crippen LogP contribution is -2.51. The lowest BCUT2D eigenvalue weighted by Gasteiger charge is -2.19. The molecule has 0 heterocycles. The van der Waals surface area contributed by atoms with E-state index in [2.05, 4.69) is 10.6 Å². The van der Waals surface area contributed by atoms with Gasteiger partial charge in [0.1, 0.15) is 6.04 Å². The number of carbonyl (C=O) groups excluding carboxylic acids is 3. The summed E-state index contributed by atoms with van der Waals surface area (Å²) in [5, 5.41) is 14.9. The minimum Gasteiger partial charge on any atom is -0.394 e. The first-order valence-electron chi connectivity index (χ1n) is 9.50. The van der Waals surface area contributed by atoms with Crippen molar-refractivity contribution in [2.75, 3.05) is 6.61 Å². The van der Waals surface area contributed by atoms with E-state index in [1.807, 2.05) is 6.07 Å². The highest BCUT2D eigenvalue weighted by Gasteiger charge is 2.25. The standard InChI is InChI=1S/C22H24N2O4/c25-14-19(22(28)23-18-11-4-5-12-18)24-21(27)17-10-6-9-16(13-17)20(26)15-7-2-1-3-8-15/h1-3,6-10,13,18-19,25H,4-5,11-12,14H2,(H,23,28)(H,24,27)/t19-/m0/s1. The molecule has 3 N–H and O–H groups in total. The lowest BCUT2D eigenvalue weighted by molar-refractivity contribution is -0.124. The second-order valence-electron chi connectivity index (χ2n) is 6.97. The van der Waals surface area contributed by atoms with Crippen molar-refractivity contribution in [1.29, 1.82) is 0 Å². The molecule has 0 aliphatic heterocycles. The van der Waals surface area contributed by atoms with Gasteiger partial charge >= 0.3 is 0 Å². The van der Waals surface area contributed by atoms with E-state index in [9.17, 15) is 19.5 Å². The molecule has 1 aliphatic carbocycles. The Labute approximate surface area is 164 Å². The first-order valence-corrected chi connectivity index (χ1v) is 9.50. The van der Waals surface area contributed by atoms with Crippen molar-refractivity contribution in [3.05, 3.63) is 71.3 Å². The van der Waals surface area contributed by atoms with Crippen molar-refractivity contribution in [3.63, 3.8) is 0 Å². The Morgan fingerprint density at radius 2 is 1.57 bits per heavy atom. The van der Waals surface area contributed by atoms with Crippen LogP contribution in [-0.4, -0.2) is 41.4 Å². The fourth-order valence-corrected chi connectivity index (χ4v) is 3.37. The van der Waals surface area contributed by atoms with E-state index < -0.39 is 18.6 Å². The summed E-state index contributed by atoms with van der Waals surface area (Å²) in [6.45, 7) is -0.493. The van der Waals surface area contributed by atoms with E-state index in [0.29, 0.717) is 11.1 Å². The third-order valence-electron chi connectivity index (χ3n) is 4.93. The molecule has 0 aromatic heterocycles. The Hall–Kier alpha value is -2.99.